The van der Waals surface area contributed by atoms with E-state index < -0.39 is 6.23 Å². The Morgan fingerprint density at radius 3 is 2.43 bits per heavy atom. The molecule has 0 bridgehead atoms. The highest BCUT2D eigenvalue weighted by Crippen LogP contribution is 1.71. The molecule has 0 aromatic heterocycles. The third-order valence-corrected chi connectivity index (χ3v) is 0.662. The van der Waals surface area contributed by atoms with Crippen molar-refractivity contribution in [2.45, 2.75) is 6.23 Å². The molecule has 3 heteroatoms. The first-order valence-electron chi connectivity index (χ1n) is 2.00. The first kappa shape index (κ1) is 6.59. The van der Waals surface area contributed by atoms with Crippen LogP contribution in [0.5, 0.6) is 0 Å². The average molecular weight is 103 g/mol. The molecule has 0 aromatic rings. The second-order valence-corrected chi connectivity index (χ2v) is 1.08. The fraction of sp³-hybridized carbons (Fsp3) is 0.750. The predicted octanol–water partition coefficient (Wildman–Crippen LogP) is -0.623. The summed E-state index contributed by atoms with van der Waals surface area (Å²) in [6.45, 7) is 0. The zero-order valence-corrected chi connectivity index (χ0v) is 4.47. The van der Waals surface area contributed by atoms with Crippen LogP contribution in [0.15, 0.2) is 0 Å². The van der Waals surface area contributed by atoms with E-state index in [1.165, 1.54) is 7.11 Å². The SMILES string of the molecule is CNC(C=O)OC. The van der Waals surface area contributed by atoms with Crippen LogP contribution in [0.4, 0.5) is 0 Å². The lowest BCUT2D eigenvalue weighted by Gasteiger charge is -2.02. The Bertz CT molecular complexity index is 51.7. The number of likely N-dealkylation sites (N-methyl/N-ethyl adjacent to an activating group) is 1. The van der Waals surface area contributed by atoms with Crippen LogP contribution in [0.2, 0.25) is 0 Å². The Labute approximate surface area is 42.7 Å². The van der Waals surface area contributed by atoms with Gasteiger partial charge in [0.05, 0.1) is 0 Å². The van der Waals surface area contributed by atoms with E-state index in [1.807, 2.05) is 0 Å². The summed E-state index contributed by atoms with van der Waals surface area (Å²) in [5.41, 5.74) is 0. The maximum absolute atomic E-state index is 9.78. The van der Waals surface area contributed by atoms with Gasteiger partial charge in [-0.05, 0) is 7.05 Å². The first-order valence-corrected chi connectivity index (χ1v) is 2.00. The molecule has 1 atom stereocenters. The Kier molecular flexibility index (Phi) is 3.55. The van der Waals surface area contributed by atoms with Gasteiger partial charge in [-0.2, -0.15) is 0 Å². The van der Waals surface area contributed by atoms with Crippen LogP contribution in [0.1, 0.15) is 0 Å². The summed E-state index contributed by atoms with van der Waals surface area (Å²) in [7, 11) is 3.12. The molecule has 0 heterocycles. The standard InChI is InChI=1S/C4H9NO2/c1-5-4(3-6)7-2/h3-5H,1-2H3. The highest BCUT2D eigenvalue weighted by Gasteiger charge is 1.95. The van der Waals surface area contributed by atoms with Gasteiger partial charge in [0.2, 0.25) is 0 Å². The Morgan fingerprint density at radius 2 is 2.43 bits per heavy atom. The van der Waals surface area contributed by atoms with Crippen LogP contribution >= 0.6 is 0 Å². The molecule has 0 aromatic carbocycles. The molecule has 0 fully saturated rings. The highest BCUT2D eigenvalue weighted by molar-refractivity contribution is 5.54. The quantitative estimate of drug-likeness (QED) is 0.382. The molecular weight excluding hydrogens is 94.0 g/mol. The third-order valence-electron chi connectivity index (χ3n) is 0.662. The summed E-state index contributed by atoms with van der Waals surface area (Å²) in [6.07, 6.45) is 0.250. The number of nitrogens with one attached hydrogen (secondary N) is 1. The van der Waals surface area contributed by atoms with E-state index >= 15 is 0 Å². The minimum Gasteiger partial charge on any atom is -0.359 e. The van der Waals surface area contributed by atoms with E-state index in [4.69, 9.17) is 0 Å². The first-order chi connectivity index (χ1) is 3.35. The van der Waals surface area contributed by atoms with Gasteiger partial charge in [0.1, 0.15) is 0 Å². The maximum atomic E-state index is 9.78. The Hall–Kier alpha value is -0.410. The largest absolute Gasteiger partial charge is 0.359 e. The van der Waals surface area contributed by atoms with Crippen molar-refractivity contribution < 1.29 is 9.53 Å². The summed E-state index contributed by atoms with van der Waals surface area (Å²) in [4.78, 5) is 9.78. The van der Waals surface area contributed by atoms with E-state index in [1.54, 1.807) is 7.05 Å². The van der Waals surface area contributed by atoms with Gasteiger partial charge in [-0.3, -0.25) is 10.1 Å². The van der Waals surface area contributed by atoms with Crippen LogP contribution < -0.4 is 5.32 Å². The van der Waals surface area contributed by atoms with Crippen molar-refractivity contribution in [1.29, 1.82) is 0 Å². The average Bonchev–Trinajstić information content (AvgIpc) is 1.72. The van der Waals surface area contributed by atoms with Crippen molar-refractivity contribution in [3.63, 3.8) is 0 Å². The number of methoxy groups -OCH3 is 1. The molecule has 1 N–H and O–H groups in total. The van der Waals surface area contributed by atoms with Gasteiger partial charge in [-0.15, -0.1) is 0 Å². The molecule has 0 aliphatic rings. The van der Waals surface area contributed by atoms with Crippen LogP contribution in [0.3, 0.4) is 0 Å². The zero-order chi connectivity index (χ0) is 5.70. The fourth-order valence-electron chi connectivity index (χ4n) is 0.241. The summed E-state index contributed by atoms with van der Waals surface area (Å²) in [6, 6.07) is 0. The van der Waals surface area contributed by atoms with E-state index in [9.17, 15) is 4.79 Å². The van der Waals surface area contributed by atoms with Crippen molar-refractivity contribution in [1.82, 2.24) is 5.32 Å². The minimum atomic E-state index is -0.444. The van der Waals surface area contributed by atoms with Crippen LogP contribution in [0.25, 0.3) is 0 Å². The van der Waals surface area contributed by atoms with Gasteiger partial charge in [-0.25, -0.2) is 0 Å². The molecule has 3 nitrogen and oxygen atoms in total. The van der Waals surface area contributed by atoms with E-state index in [2.05, 4.69) is 10.1 Å². The summed E-state index contributed by atoms with van der Waals surface area (Å²) < 4.78 is 4.57. The lowest BCUT2D eigenvalue weighted by molar-refractivity contribution is -0.117. The Morgan fingerprint density at radius 1 is 1.86 bits per heavy atom. The maximum Gasteiger partial charge on any atom is 0.163 e. The van der Waals surface area contributed by atoms with Gasteiger partial charge < -0.3 is 4.74 Å². The van der Waals surface area contributed by atoms with Gasteiger partial charge in [0, 0.05) is 7.11 Å². The second-order valence-electron chi connectivity index (χ2n) is 1.08. The normalized spacial score (nSPS) is 13.4. The minimum absolute atomic E-state index is 0.444. The van der Waals surface area contributed by atoms with Gasteiger partial charge in [0.15, 0.2) is 12.5 Å². The van der Waals surface area contributed by atoms with E-state index in [0.717, 1.165) is 0 Å². The number of carbonyl (C=O) groups is 1. The van der Waals surface area contributed by atoms with Crippen LogP contribution in [-0.2, 0) is 9.53 Å². The number of hydrogen-bond acceptors (Lipinski definition) is 3. The van der Waals surface area contributed by atoms with Crippen LogP contribution in [-0.4, -0.2) is 26.7 Å². The summed E-state index contributed by atoms with van der Waals surface area (Å²) in [5, 5.41) is 2.61. The third kappa shape index (κ3) is 2.31. The van der Waals surface area contributed by atoms with Crippen molar-refractivity contribution in [2.24, 2.45) is 0 Å². The highest BCUT2D eigenvalue weighted by atomic mass is 16.5. The Balaban J connectivity index is 3.16. The van der Waals surface area contributed by atoms with Crippen LogP contribution in [0, 0.1) is 0 Å². The summed E-state index contributed by atoms with van der Waals surface area (Å²) >= 11 is 0. The number of carbonyl (C=O) groups excluding carboxylic acids is 1. The van der Waals surface area contributed by atoms with Gasteiger partial charge in [0.25, 0.3) is 0 Å². The molecular formula is C4H9NO2. The molecule has 0 amide bonds. The molecule has 0 spiro atoms. The van der Waals surface area contributed by atoms with Crippen molar-refractivity contribution in [2.75, 3.05) is 14.2 Å². The van der Waals surface area contributed by atoms with E-state index in [-0.39, 0.29) is 0 Å². The topological polar surface area (TPSA) is 38.3 Å². The molecule has 7 heavy (non-hydrogen) atoms. The van der Waals surface area contributed by atoms with Crippen molar-refractivity contribution >= 4 is 6.29 Å². The number of rotatable bonds is 3. The summed E-state index contributed by atoms with van der Waals surface area (Å²) in [5.74, 6) is 0. The lowest BCUT2D eigenvalue weighted by atomic mass is 10.6. The lowest BCUT2D eigenvalue weighted by Crippen LogP contribution is -2.27. The molecule has 0 aliphatic heterocycles. The molecule has 0 saturated heterocycles. The molecule has 1 unspecified atom stereocenters. The molecule has 0 radical (unpaired) electrons. The van der Waals surface area contributed by atoms with Crippen molar-refractivity contribution in [3.05, 3.63) is 0 Å². The zero-order valence-electron chi connectivity index (χ0n) is 4.47. The second kappa shape index (κ2) is 3.77. The number of aldehydes is 1. The predicted molar refractivity (Wildman–Crippen MR) is 25.9 cm³/mol. The fourth-order valence-corrected chi connectivity index (χ4v) is 0.241. The van der Waals surface area contributed by atoms with Gasteiger partial charge in [-0.1, -0.05) is 0 Å². The number of ether oxygens (including phenoxy) is 1. The molecule has 42 valence electrons. The smallest absolute Gasteiger partial charge is 0.163 e. The monoisotopic (exact) mass is 103 g/mol. The van der Waals surface area contributed by atoms with Crippen molar-refractivity contribution in [3.8, 4) is 0 Å². The van der Waals surface area contributed by atoms with E-state index in [0.29, 0.717) is 6.29 Å². The molecule has 0 rings (SSSR count). The molecule has 0 aliphatic carbocycles. The number of hydrogen-bond donors (Lipinski definition) is 1. The van der Waals surface area contributed by atoms with Gasteiger partial charge >= 0.3 is 0 Å². The molecule has 0 saturated carbocycles.